The SMILES string of the molecule is CC(C)(C)OC(=O)N(c1cccc(C(F)(F)F)c1)c1nc(-c2cc([N+](=O)[O-])ccc2F)cs1. The zero-order valence-electron chi connectivity index (χ0n) is 17.5. The Morgan fingerprint density at radius 1 is 1.15 bits per heavy atom. The van der Waals surface area contributed by atoms with Crippen molar-refractivity contribution < 1.29 is 32.0 Å². The van der Waals surface area contributed by atoms with Crippen molar-refractivity contribution >= 4 is 33.9 Å². The number of carbonyl (C=O) groups is 1. The number of nitrogens with zero attached hydrogens (tertiary/aromatic N) is 3. The van der Waals surface area contributed by atoms with Crippen molar-refractivity contribution in [3.05, 3.63) is 69.3 Å². The van der Waals surface area contributed by atoms with Gasteiger partial charge in [0.15, 0.2) is 5.13 Å². The Hall–Kier alpha value is -3.54. The lowest BCUT2D eigenvalue weighted by Crippen LogP contribution is -2.34. The Kier molecular flexibility index (Phi) is 6.41. The lowest BCUT2D eigenvalue weighted by molar-refractivity contribution is -0.384. The zero-order chi connectivity index (χ0) is 24.6. The number of nitro benzene ring substituents is 1. The minimum atomic E-state index is -4.66. The molecule has 1 aromatic heterocycles. The zero-order valence-corrected chi connectivity index (χ0v) is 18.3. The molecule has 0 aliphatic carbocycles. The van der Waals surface area contributed by atoms with E-state index in [0.29, 0.717) is 0 Å². The van der Waals surface area contributed by atoms with Crippen LogP contribution in [0, 0.1) is 15.9 Å². The average molecular weight is 483 g/mol. The Balaban J connectivity index is 2.10. The number of rotatable bonds is 4. The molecular weight excluding hydrogens is 466 g/mol. The number of benzene rings is 2. The smallest absolute Gasteiger partial charge is 0.421 e. The van der Waals surface area contributed by atoms with Crippen molar-refractivity contribution in [1.82, 2.24) is 4.98 Å². The van der Waals surface area contributed by atoms with E-state index in [1.54, 1.807) is 20.8 Å². The average Bonchev–Trinajstić information content (AvgIpc) is 3.15. The fraction of sp³-hybridized carbons (Fsp3) is 0.238. The third-order valence-corrected chi connectivity index (χ3v) is 4.95. The highest BCUT2D eigenvalue weighted by Gasteiger charge is 2.33. The van der Waals surface area contributed by atoms with E-state index in [0.717, 1.165) is 52.6 Å². The van der Waals surface area contributed by atoms with Gasteiger partial charge in [-0.25, -0.2) is 19.1 Å². The van der Waals surface area contributed by atoms with Crippen molar-refractivity contribution in [3.63, 3.8) is 0 Å². The number of thiazole rings is 1. The summed E-state index contributed by atoms with van der Waals surface area (Å²) in [5.74, 6) is -0.791. The molecule has 0 bridgehead atoms. The predicted octanol–water partition coefficient (Wildman–Crippen LogP) is 6.95. The molecule has 0 fully saturated rings. The molecule has 0 atom stereocenters. The summed E-state index contributed by atoms with van der Waals surface area (Å²) in [5.41, 5.74) is -2.72. The van der Waals surface area contributed by atoms with E-state index in [1.807, 2.05) is 0 Å². The molecule has 1 heterocycles. The van der Waals surface area contributed by atoms with Crippen molar-refractivity contribution in [2.24, 2.45) is 0 Å². The van der Waals surface area contributed by atoms with Gasteiger partial charge in [0, 0.05) is 23.1 Å². The molecule has 3 rings (SSSR count). The molecule has 7 nitrogen and oxygen atoms in total. The number of alkyl halides is 3. The summed E-state index contributed by atoms with van der Waals surface area (Å²) < 4.78 is 59.4. The Morgan fingerprint density at radius 2 is 1.85 bits per heavy atom. The first-order valence-corrected chi connectivity index (χ1v) is 10.2. The van der Waals surface area contributed by atoms with Crippen LogP contribution in [-0.2, 0) is 10.9 Å². The molecule has 0 aliphatic rings. The van der Waals surface area contributed by atoms with Gasteiger partial charge in [0.25, 0.3) is 5.69 Å². The Morgan fingerprint density at radius 3 is 2.45 bits per heavy atom. The normalized spacial score (nSPS) is 11.8. The number of amides is 1. The first-order chi connectivity index (χ1) is 15.3. The predicted molar refractivity (Wildman–Crippen MR) is 114 cm³/mol. The van der Waals surface area contributed by atoms with Gasteiger partial charge in [-0.1, -0.05) is 6.07 Å². The van der Waals surface area contributed by atoms with Crippen LogP contribution in [0.15, 0.2) is 47.8 Å². The first kappa shape index (κ1) is 24.1. The number of nitro groups is 1. The van der Waals surface area contributed by atoms with E-state index in [1.165, 1.54) is 11.4 Å². The van der Waals surface area contributed by atoms with Crippen LogP contribution in [0.3, 0.4) is 0 Å². The van der Waals surface area contributed by atoms with Gasteiger partial charge in [0.1, 0.15) is 11.4 Å². The molecule has 3 aromatic rings. The van der Waals surface area contributed by atoms with E-state index >= 15 is 0 Å². The molecular formula is C21H17F4N3O4S. The Labute approximate surface area is 189 Å². The van der Waals surface area contributed by atoms with Crippen molar-refractivity contribution in [2.45, 2.75) is 32.5 Å². The summed E-state index contributed by atoms with van der Waals surface area (Å²) in [5, 5.41) is 12.3. The summed E-state index contributed by atoms with van der Waals surface area (Å²) in [7, 11) is 0. The van der Waals surface area contributed by atoms with Crippen LogP contribution in [-0.4, -0.2) is 21.6 Å². The second kappa shape index (κ2) is 8.77. The van der Waals surface area contributed by atoms with E-state index < -0.39 is 34.2 Å². The Bertz CT molecular complexity index is 1200. The summed E-state index contributed by atoms with van der Waals surface area (Å²) in [6, 6.07) is 6.89. The van der Waals surface area contributed by atoms with E-state index in [2.05, 4.69) is 4.98 Å². The third-order valence-electron chi connectivity index (χ3n) is 4.13. The maximum absolute atomic E-state index is 14.3. The molecule has 0 radical (unpaired) electrons. The van der Waals surface area contributed by atoms with E-state index in [9.17, 15) is 32.5 Å². The number of ether oxygens (including phenoxy) is 1. The van der Waals surface area contributed by atoms with Crippen LogP contribution >= 0.6 is 11.3 Å². The molecule has 1 amide bonds. The van der Waals surface area contributed by atoms with Gasteiger partial charge in [0.2, 0.25) is 0 Å². The number of halogens is 4. The second-order valence-corrected chi connectivity index (χ2v) is 8.64. The topological polar surface area (TPSA) is 85.6 Å². The molecule has 0 saturated carbocycles. The van der Waals surface area contributed by atoms with E-state index in [4.69, 9.17) is 4.74 Å². The molecule has 174 valence electrons. The number of aromatic nitrogens is 1. The molecule has 0 aliphatic heterocycles. The fourth-order valence-electron chi connectivity index (χ4n) is 2.74. The third kappa shape index (κ3) is 5.64. The maximum atomic E-state index is 14.3. The molecule has 0 unspecified atom stereocenters. The largest absolute Gasteiger partial charge is 0.443 e. The molecule has 0 saturated heterocycles. The van der Waals surface area contributed by atoms with Gasteiger partial charge in [-0.2, -0.15) is 13.2 Å². The molecule has 2 aromatic carbocycles. The van der Waals surface area contributed by atoms with Gasteiger partial charge in [-0.05, 0) is 45.0 Å². The number of hydrogen-bond donors (Lipinski definition) is 0. The monoisotopic (exact) mass is 483 g/mol. The lowest BCUT2D eigenvalue weighted by atomic mass is 10.1. The van der Waals surface area contributed by atoms with Crippen LogP contribution in [0.5, 0.6) is 0 Å². The van der Waals surface area contributed by atoms with E-state index in [-0.39, 0.29) is 27.8 Å². The van der Waals surface area contributed by atoms with Gasteiger partial charge in [0.05, 0.1) is 21.9 Å². The minimum absolute atomic E-state index is 0.0308. The molecule has 0 spiro atoms. The number of hydrogen-bond acceptors (Lipinski definition) is 6. The summed E-state index contributed by atoms with van der Waals surface area (Å²) in [6.45, 7) is 4.75. The molecule has 33 heavy (non-hydrogen) atoms. The lowest BCUT2D eigenvalue weighted by Gasteiger charge is -2.26. The van der Waals surface area contributed by atoms with Gasteiger partial charge in [-0.15, -0.1) is 11.3 Å². The fourth-order valence-corrected chi connectivity index (χ4v) is 3.57. The molecule has 0 N–H and O–H groups in total. The van der Waals surface area contributed by atoms with Crippen molar-refractivity contribution in [1.29, 1.82) is 0 Å². The minimum Gasteiger partial charge on any atom is -0.443 e. The standard InChI is InChI=1S/C21H17F4N3O4S/c1-20(2,3)32-19(29)27(13-6-4-5-12(9-13)21(23,24)25)18-26-17(11-33-18)15-10-14(28(30)31)7-8-16(15)22/h4-11H,1-3H3. The van der Waals surface area contributed by atoms with Crippen LogP contribution in [0.2, 0.25) is 0 Å². The maximum Gasteiger partial charge on any atom is 0.421 e. The van der Waals surface area contributed by atoms with Gasteiger partial charge < -0.3 is 4.74 Å². The van der Waals surface area contributed by atoms with Crippen LogP contribution in [0.1, 0.15) is 26.3 Å². The van der Waals surface area contributed by atoms with Crippen LogP contribution < -0.4 is 4.90 Å². The highest BCUT2D eigenvalue weighted by atomic mass is 32.1. The molecule has 12 heteroatoms. The summed E-state index contributed by atoms with van der Waals surface area (Å²) in [6.07, 6.45) is -5.65. The van der Waals surface area contributed by atoms with Crippen molar-refractivity contribution in [3.8, 4) is 11.3 Å². The van der Waals surface area contributed by atoms with Crippen molar-refractivity contribution in [2.75, 3.05) is 4.90 Å². The summed E-state index contributed by atoms with van der Waals surface area (Å²) in [4.78, 5) is 28.2. The first-order valence-electron chi connectivity index (χ1n) is 9.36. The highest BCUT2D eigenvalue weighted by molar-refractivity contribution is 7.14. The summed E-state index contributed by atoms with van der Waals surface area (Å²) >= 11 is 0.834. The highest BCUT2D eigenvalue weighted by Crippen LogP contribution is 2.38. The quantitative estimate of drug-likeness (QED) is 0.228. The number of carbonyl (C=O) groups excluding carboxylic acids is 1. The van der Waals surface area contributed by atoms with Crippen LogP contribution in [0.4, 0.5) is 38.9 Å². The van der Waals surface area contributed by atoms with Crippen LogP contribution in [0.25, 0.3) is 11.3 Å². The number of non-ortho nitro benzene ring substituents is 1. The number of anilines is 2. The second-order valence-electron chi connectivity index (χ2n) is 7.80. The van der Waals surface area contributed by atoms with Gasteiger partial charge in [-0.3, -0.25) is 10.1 Å². The van der Waals surface area contributed by atoms with Gasteiger partial charge >= 0.3 is 12.3 Å².